The fraction of sp³-hybridized carbons (Fsp3) is 0.468. The second-order valence-corrected chi connectivity index (χ2v) is 21.2. The summed E-state index contributed by atoms with van der Waals surface area (Å²) in [6.45, 7) is 0.700. The van der Waals surface area contributed by atoms with Gasteiger partial charge in [0.1, 0.15) is 11.3 Å². The van der Waals surface area contributed by atoms with Crippen LogP contribution in [-0.2, 0) is 49.7 Å². The van der Waals surface area contributed by atoms with Gasteiger partial charge in [-0.25, -0.2) is 9.59 Å². The maximum absolute atomic E-state index is 15.5. The molecule has 5 bridgehead atoms. The predicted octanol–water partition coefficient (Wildman–Crippen LogP) is 10.2. The Hall–Kier alpha value is -6.03. The lowest BCUT2D eigenvalue weighted by Crippen LogP contribution is -2.60. The van der Waals surface area contributed by atoms with E-state index in [-0.39, 0.29) is 85.9 Å². The average Bonchev–Trinajstić information content (AvgIpc) is 3.40. The molecule has 10 rings (SSSR count). The molecule has 5 aliphatic rings. The first-order valence-corrected chi connectivity index (χ1v) is 26.5. The molecule has 0 spiro atoms. The van der Waals surface area contributed by atoms with Crippen molar-refractivity contribution in [3.05, 3.63) is 157 Å². The van der Waals surface area contributed by atoms with Crippen molar-refractivity contribution in [2.24, 2.45) is 11.8 Å². The monoisotopic (exact) mass is 988 g/mol. The van der Waals surface area contributed by atoms with Gasteiger partial charge in [-0.15, -0.1) is 0 Å². The van der Waals surface area contributed by atoms with Crippen LogP contribution in [0, 0.1) is 23.7 Å². The van der Waals surface area contributed by atoms with Gasteiger partial charge in [0, 0.05) is 54.9 Å². The van der Waals surface area contributed by atoms with Gasteiger partial charge >= 0.3 is 17.6 Å². The van der Waals surface area contributed by atoms with Gasteiger partial charge in [-0.2, -0.15) is 0 Å². The SMILES string of the molecule is COCC(CCO)c1c(CO)c2ccc3c(c2oc1=O)C1OC(=O)CC2CC(c4cccc(Cc5ccccc5)c4)CCC2c2ccc4cc2CC#CCC(C2CCCCC2)(O3)C1OC(=O)C(=C(C)CO)CC4. The number of ether oxygens (including phenoxy) is 4. The first kappa shape index (κ1) is 50.5. The number of carbonyl (C=O) groups excluding carboxylic acids is 2. The van der Waals surface area contributed by atoms with Crippen LogP contribution in [0.4, 0.5) is 0 Å². The Morgan fingerprint density at radius 1 is 0.863 bits per heavy atom. The number of aryl methyl sites for hydroxylation is 1. The number of methoxy groups -OCH3 is 1. The van der Waals surface area contributed by atoms with E-state index in [0.29, 0.717) is 40.7 Å². The van der Waals surface area contributed by atoms with Crippen molar-refractivity contribution >= 4 is 22.9 Å². The van der Waals surface area contributed by atoms with Gasteiger partial charge in [0.25, 0.3) is 0 Å². The first-order valence-electron chi connectivity index (χ1n) is 26.5. The molecule has 11 nitrogen and oxygen atoms in total. The molecular formula is C62H68O11. The Bertz CT molecular complexity index is 2980. The summed E-state index contributed by atoms with van der Waals surface area (Å²) in [6.07, 6.45) is 6.76. The molecule has 7 unspecified atom stereocenters. The lowest BCUT2D eigenvalue weighted by atomic mass is 9.67. The van der Waals surface area contributed by atoms with Crippen molar-refractivity contribution in [3.8, 4) is 17.6 Å². The van der Waals surface area contributed by atoms with Crippen LogP contribution in [0.15, 0.2) is 105 Å². The Labute approximate surface area is 427 Å². The van der Waals surface area contributed by atoms with Gasteiger partial charge in [0.2, 0.25) is 0 Å². The highest BCUT2D eigenvalue weighted by Crippen LogP contribution is 2.55. The highest BCUT2D eigenvalue weighted by Gasteiger charge is 2.59. The second kappa shape index (κ2) is 22.2. The van der Waals surface area contributed by atoms with E-state index in [0.717, 1.165) is 68.9 Å². The molecule has 2 saturated carbocycles. The normalized spacial score (nSPS) is 25.4. The van der Waals surface area contributed by atoms with Crippen molar-refractivity contribution in [1.82, 2.24) is 0 Å². The van der Waals surface area contributed by atoms with E-state index in [2.05, 4.69) is 78.6 Å². The number of benzene rings is 4. The largest absolute Gasteiger partial charge is 0.481 e. The number of hydrogen-bond acceptors (Lipinski definition) is 11. The third kappa shape index (κ3) is 10.2. The van der Waals surface area contributed by atoms with Crippen LogP contribution >= 0.6 is 0 Å². The molecule has 4 heterocycles. The van der Waals surface area contributed by atoms with E-state index in [1.54, 1.807) is 19.1 Å². The summed E-state index contributed by atoms with van der Waals surface area (Å²) in [4.78, 5) is 45.1. The van der Waals surface area contributed by atoms with Gasteiger partial charge in [0.15, 0.2) is 17.8 Å². The van der Waals surface area contributed by atoms with Crippen molar-refractivity contribution in [2.75, 3.05) is 26.9 Å². The van der Waals surface area contributed by atoms with Crippen LogP contribution in [0.5, 0.6) is 5.75 Å². The third-order valence-electron chi connectivity index (χ3n) is 16.9. The lowest BCUT2D eigenvalue weighted by Gasteiger charge is -2.51. The molecule has 0 amide bonds. The second-order valence-electron chi connectivity index (χ2n) is 21.2. The van der Waals surface area contributed by atoms with Crippen molar-refractivity contribution in [1.29, 1.82) is 0 Å². The minimum absolute atomic E-state index is 0.0189. The fourth-order valence-corrected chi connectivity index (χ4v) is 13.2. The van der Waals surface area contributed by atoms with Crippen LogP contribution in [-0.4, -0.2) is 65.9 Å². The molecule has 4 aromatic carbocycles. The molecule has 0 radical (unpaired) electrons. The minimum atomic E-state index is -1.34. The Morgan fingerprint density at radius 2 is 1.68 bits per heavy atom. The minimum Gasteiger partial charge on any atom is -0.481 e. The Kier molecular flexibility index (Phi) is 15.4. The number of carbonyl (C=O) groups is 2. The topological polar surface area (TPSA) is 162 Å². The maximum Gasteiger partial charge on any atom is 0.340 e. The molecule has 5 aromatic rings. The van der Waals surface area contributed by atoms with Gasteiger partial charge in [-0.1, -0.05) is 104 Å². The molecular weight excluding hydrogens is 921 g/mol. The maximum atomic E-state index is 15.5. The zero-order valence-electron chi connectivity index (χ0n) is 42.2. The summed E-state index contributed by atoms with van der Waals surface area (Å²) in [5.41, 5.74) is 6.56. The van der Waals surface area contributed by atoms with E-state index in [1.807, 2.05) is 6.07 Å². The summed E-state index contributed by atoms with van der Waals surface area (Å²) in [5, 5.41) is 32.2. The van der Waals surface area contributed by atoms with Gasteiger partial charge in [0.05, 0.1) is 31.8 Å². The van der Waals surface area contributed by atoms with Crippen LogP contribution < -0.4 is 10.4 Å². The highest BCUT2D eigenvalue weighted by molar-refractivity contribution is 5.90. The number of aliphatic hydroxyl groups is 3. The summed E-state index contributed by atoms with van der Waals surface area (Å²) >= 11 is 0. The fourth-order valence-electron chi connectivity index (χ4n) is 13.2. The summed E-state index contributed by atoms with van der Waals surface area (Å²) in [5.74, 6) is 5.60. The van der Waals surface area contributed by atoms with Crippen LogP contribution in [0.2, 0.25) is 0 Å². The molecule has 7 atom stereocenters. The molecule has 73 heavy (non-hydrogen) atoms. The standard InChI is InChI=1S/C62H68O11/c1-38(35-64)48-22-19-40-20-23-49-44(31-40)15-9-10-28-62(47-17-7-4-8-18-47)59(72-60(48)67)58(56-53(73-62)26-25-51-52(36-65)55(61(68)71-57(51)56)45(27-29-63)37-69-2)70-54(66)34-46-33-43(21-24-50(46)49)42-16-11-14-41(32-42)30-39-12-5-3-6-13-39/h3,5-6,11-14,16,20,23,25-26,31-32,43,45-47,50,58-59,63-65H,4,7-8,15,17-19,21-22,24,27-30,33-37H2,1-2H3. The van der Waals surface area contributed by atoms with Crippen molar-refractivity contribution in [2.45, 2.75) is 145 Å². The molecule has 0 saturated heterocycles. The first-order chi connectivity index (χ1) is 35.6. The molecule has 3 N–H and O–H groups in total. The van der Waals surface area contributed by atoms with E-state index in [4.69, 9.17) is 23.4 Å². The van der Waals surface area contributed by atoms with E-state index in [1.165, 1.54) is 29.4 Å². The molecule has 2 aliphatic carbocycles. The molecule has 3 aliphatic heterocycles. The van der Waals surface area contributed by atoms with E-state index in [9.17, 15) is 20.1 Å². The Morgan fingerprint density at radius 3 is 2.47 bits per heavy atom. The summed E-state index contributed by atoms with van der Waals surface area (Å²) in [6, 6.07) is 29.4. The number of rotatable bonds is 11. The number of fused-ring (bicyclic) bond motifs is 9. The molecule has 2 fully saturated rings. The van der Waals surface area contributed by atoms with Crippen LogP contribution in [0.3, 0.4) is 0 Å². The summed E-state index contributed by atoms with van der Waals surface area (Å²) < 4.78 is 33.1. The quantitative estimate of drug-likeness (QED) is 0.0500. The van der Waals surface area contributed by atoms with Gasteiger partial charge in [-0.05, 0) is 139 Å². The predicted molar refractivity (Wildman–Crippen MR) is 277 cm³/mol. The molecule has 1 aromatic heterocycles. The molecule has 382 valence electrons. The highest BCUT2D eigenvalue weighted by atomic mass is 16.6. The van der Waals surface area contributed by atoms with Crippen LogP contribution in [0.1, 0.15) is 158 Å². The summed E-state index contributed by atoms with van der Waals surface area (Å²) in [7, 11) is 1.51. The van der Waals surface area contributed by atoms with Crippen molar-refractivity contribution < 1.29 is 48.3 Å². The average molecular weight is 989 g/mol. The zero-order chi connectivity index (χ0) is 50.6. The van der Waals surface area contributed by atoms with Crippen molar-refractivity contribution in [3.63, 3.8) is 0 Å². The smallest absolute Gasteiger partial charge is 0.340 e. The Balaban J connectivity index is 1.17. The van der Waals surface area contributed by atoms with E-state index < -0.39 is 47.9 Å². The van der Waals surface area contributed by atoms with Gasteiger partial charge in [-0.3, -0.25) is 4.79 Å². The van der Waals surface area contributed by atoms with Gasteiger partial charge < -0.3 is 38.7 Å². The number of hydrogen-bond donors (Lipinski definition) is 3. The van der Waals surface area contributed by atoms with E-state index >= 15 is 9.59 Å². The molecule has 11 heteroatoms. The lowest BCUT2D eigenvalue weighted by molar-refractivity contribution is -0.204. The number of aliphatic hydroxyl groups excluding tert-OH is 3. The third-order valence-corrected chi connectivity index (χ3v) is 16.9. The number of esters is 2. The zero-order valence-corrected chi connectivity index (χ0v) is 42.2. The van der Waals surface area contributed by atoms with Crippen LogP contribution in [0.25, 0.3) is 11.0 Å².